The zero-order valence-electron chi connectivity index (χ0n) is 12.8. The van der Waals surface area contributed by atoms with Gasteiger partial charge in [0.2, 0.25) is 0 Å². The first-order valence-corrected chi connectivity index (χ1v) is 7.29. The molecule has 1 N–H and O–H groups in total. The number of benzene rings is 2. The highest BCUT2D eigenvalue weighted by Gasteiger charge is 2.18. The molecule has 0 aliphatic heterocycles. The third kappa shape index (κ3) is 2.97. The van der Waals surface area contributed by atoms with E-state index in [9.17, 15) is 18.0 Å². The number of rotatable bonds is 4. The molecule has 0 unspecified atom stereocenters. The van der Waals surface area contributed by atoms with Crippen LogP contribution in [0.5, 0.6) is 0 Å². The van der Waals surface area contributed by atoms with Gasteiger partial charge in [0.1, 0.15) is 0 Å². The Bertz CT molecular complexity index is 921. The van der Waals surface area contributed by atoms with Gasteiger partial charge in [0.05, 0.1) is 22.9 Å². The van der Waals surface area contributed by atoms with E-state index in [1.807, 2.05) is 29.8 Å². The van der Waals surface area contributed by atoms with Crippen LogP contribution in [0.1, 0.15) is 15.9 Å². The summed E-state index contributed by atoms with van der Waals surface area (Å²) in [6.45, 7) is 0.232. The molecule has 24 heavy (non-hydrogen) atoms. The molecule has 4 nitrogen and oxygen atoms in total. The van der Waals surface area contributed by atoms with Crippen LogP contribution >= 0.6 is 0 Å². The summed E-state index contributed by atoms with van der Waals surface area (Å²) in [6, 6.07) is 7.38. The summed E-state index contributed by atoms with van der Waals surface area (Å²) in [6.07, 6.45) is 2.21. The van der Waals surface area contributed by atoms with Crippen LogP contribution in [0.15, 0.2) is 36.7 Å². The lowest BCUT2D eigenvalue weighted by molar-refractivity contribution is 0.0949. The molecule has 7 heteroatoms. The van der Waals surface area contributed by atoms with Crippen molar-refractivity contribution in [2.75, 3.05) is 6.54 Å². The molecule has 0 aliphatic carbocycles. The molecular formula is C17H14F3N3O. The second-order valence-corrected chi connectivity index (χ2v) is 5.41. The van der Waals surface area contributed by atoms with Crippen molar-refractivity contribution in [2.24, 2.45) is 7.05 Å². The van der Waals surface area contributed by atoms with E-state index in [1.165, 1.54) is 0 Å². The number of nitrogens with one attached hydrogen (secondary N) is 1. The fraction of sp³-hybridized carbons (Fsp3) is 0.176. The van der Waals surface area contributed by atoms with Crippen LogP contribution in [-0.4, -0.2) is 22.0 Å². The average molecular weight is 333 g/mol. The number of fused-ring (bicyclic) bond motifs is 1. The number of hydrogen-bond acceptors (Lipinski definition) is 2. The minimum Gasteiger partial charge on any atom is -0.352 e. The highest BCUT2D eigenvalue weighted by Crippen LogP contribution is 2.16. The van der Waals surface area contributed by atoms with E-state index in [0.29, 0.717) is 6.42 Å². The van der Waals surface area contributed by atoms with Crippen molar-refractivity contribution in [1.29, 1.82) is 0 Å². The Morgan fingerprint density at radius 1 is 1.17 bits per heavy atom. The largest absolute Gasteiger partial charge is 0.352 e. The molecule has 0 fully saturated rings. The van der Waals surface area contributed by atoms with Crippen molar-refractivity contribution >= 4 is 16.9 Å². The Hall–Kier alpha value is -2.83. The molecule has 0 spiro atoms. The number of carbonyl (C=O) groups excluding carboxylic acids is 1. The Kier molecular flexibility index (Phi) is 4.24. The topological polar surface area (TPSA) is 46.9 Å². The van der Waals surface area contributed by atoms with Crippen LogP contribution < -0.4 is 5.32 Å². The monoisotopic (exact) mass is 333 g/mol. The van der Waals surface area contributed by atoms with Gasteiger partial charge in [-0.3, -0.25) is 4.79 Å². The van der Waals surface area contributed by atoms with Gasteiger partial charge in [0, 0.05) is 13.6 Å². The third-order valence-corrected chi connectivity index (χ3v) is 3.77. The van der Waals surface area contributed by atoms with E-state index >= 15 is 0 Å². The fourth-order valence-electron chi connectivity index (χ4n) is 2.45. The van der Waals surface area contributed by atoms with E-state index in [4.69, 9.17) is 0 Å². The lowest BCUT2D eigenvalue weighted by Gasteiger charge is -2.07. The van der Waals surface area contributed by atoms with Crippen LogP contribution in [0.4, 0.5) is 13.2 Å². The second-order valence-electron chi connectivity index (χ2n) is 5.41. The number of nitrogens with zero attached hydrogens (tertiary/aromatic N) is 2. The summed E-state index contributed by atoms with van der Waals surface area (Å²) >= 11 is 0. The number of hydrogen-bond donors (Lipinski definition) is 1. The van der Waals surface area contributed by atoms with E-state index in [2.05, 4.69) is 10.3 Å². The van der Waals surface area contributed by atoms with Crippen molar-refractivity contribution in [3.63, 3.8) is 0 Å². The number of imidazole rings is 1. The van der Waals surface area contributed by atoms with Gasteiger partial charge in [0.25, 0.3) is 5.91 Å². The molecule has 3 rings (SSSR count). The summed E-state index contributed by atoms with van der Waals surface area (Å²) < 4.78 is 41.5. The quantitative estimate of drug-likeness (QED) is 0.746. The van der Waals surface area contributed by atoms with E-state index in [0.717, 1.165) is 28.7 Å². The third-order valence-electron chi connectivity index (χ3n) is 3.77. The van der Waals surface area contributed by atoms with E-state index < -0.39 is 28.9 Å². The first-order valence-electron chi connectivity index (χ1n) is 7.29. The summed E-state index contributed by atoms with van der Waals surface area (Å²) in [4.78, 5) is 16.1. The molecule has 2 aromatic carbocycles. The van der Waals surface area contributed by atoms with Crippen molar-refractivity contribution in [1.82, 2.24) is 14.9 Å². The fourth-order valence-corrected chi connectivity index (χ4v) is 2.45. The number of halogens is 3. The van der Waals surface area contributed by atoms with E-state index in [-0.39, 0.29) is 6.54 Å². The normalized spacial score (nSPS) is 11.0. The molecule has 1 amide bonds. The molecule has 0 saturated heterocycles. The molecule has 0 bridgehead atoms. The smallest absolute Gasteiger partial charge is 0.254 e. The molecule has 1 heterocycles. The summed E-state index contributed by atoms with van der Waals surface area (Å²) in [5, 5.41) is 2.49. The van der Waals surface area contributed by atoms with Gasteiger partial charge in [-0.25, -0.2) is 18.2 Å². The molecule has 0 radical (unpaired) electrons. The number of aryl methyl sites for hydroxylation is 1. The van der Waals surface area contributed by atoms with Crippen molar-refractivity contribution < 1.29 is 18.0 Å². The van der Waals surface area contributed by atoms with Gasteiger partial charge in [-0.15, -0.1) is 0 Å². The van der Waals surface area contributed by atoms with Crippen LogP contribution in [0.25, 0.3) is 11.0 Å². The number of amides is 1. The Labute approximate surface area is 135 Å². The van der Waals surface area contributed by atoms with Crippen molar-refractivity contribution in [2.45, 2.75) is 6.42 Å². The minimum atomic E-state index is -1.65. The zero-order valence-corrected chi connectivity index (χ0v) is 12.8. The maximum absolute atomic E-state index is 13.6. The highest BCUT2D eigenvalue weighted by atomic mass is 19.2. The molecule has 0 aliphatic rings. The van der Waals surface area contributed by atoms with Gasteiger partial charge in [0.15, 0.2) is 17.5 Å². The van der Waals surface area contributed by atoms with Crippen LogP contribution in [0.3, 0.4) is 0 Å². The van der Waals surface area contributed by atoms with Gasteiger partial charge >= 0.3 is 0 Å². The second kappa shape index (κ2) is 6.35. The summed E-state index contributed by atoms with van der Waals surface area (Å²) in [5.74, 6) is -5.25. The number of aromatic nitrogens is 2. The van der Waals surface area contributed by atoms with Gasteiger partial charge < -0.3 is 9.88 Å². The maximum atomic E-state index is 13.6. The number of carbonyl (C=O) groups is 1. The van der Waals surface area contributed by atoms with Crippen LogP contribution in [0, 0.1) is 17.5 Å². The Morgan fingerprint density at radius 2 is 1.96 bits per heavy atom. The zero-order chi connectivity index (χ0) is 17.3. The Morgan fingerprint density at radius 3 is 2.75 bits per heavy atom. The van der Waals surface area contributed by atoms with Crippen LogP contribution in [0.2, 0.25) is 0 Å². The standard InChI is InChI=1S/C17H14F3N3O/c1-23-9-22-13-8-10(2-5-14(13)23)6-7-21-17(24)11-3-4-12(18)16(20)15(11)19/h2-5,8-9H,6-7H2,1H3,(H,21,24). The molecule has 1 aromatic heterocycles. The molecule has 124 valence electrons. The predicted octanol–water partition coefficient (Wildman–Crippen LogP) is 2.96. The lowest BCUT2D eigenvalue weighted by atomic mass is 10.1. The first-order chi connectivity index (χ1) is 11.5. The van der Waals surface area contributed by atoms with Crippen LogP contribution in [-0.2, 0) is 13.5 Å². The predicted molar refractivity (Wildman–Crippen MR) is 83.1 cm³/mol. The highest BCUT2D eigenvalue weighted by molar-refractivity contribution is 5.94. The van der Waals surface area contributed by atoms with Gasteiger partial charge in [-0.2, -0.15) is 0 Å². The molecule has 0 atom stereocenters. The molecule has 3 aromatic rings. The van der Waals surface area contributed by atoms with Gasteiger partial charge in [-0.1, -0.05) is 6.07 Å². The molecule has 0 saturated carbocycles. The lowest BCUT2D eigenvalue weighted by Crippen LogP contribution is -2.27. The first kappa shape index (κ1) is 16.0. The summed E-state index contributed by atoms with van der Waals surface area (Å²) in [7, 11) is 1.89. The van der Waals surface area contributed by atoms with Crippen molar-refractivity contribution in [3.8, 4) is 0 Å². The van der Waals surface area contributed by atoms with Gasteiger partial charge in [-0.05, 0) is 36.2 Å². The van der Waals surface area contributed by atoms with Crippen molar-refractivity contribution in [3.05, 3.63) is 65.2 Å². The molecular weight excluding hydrogens is 319 g/mol. The maximum Gasteiger partial charge on any atom is 0.254 e. The average Bonchev–Trinajstić information content (AvgIpc) is 2.93. The minimum absolute atomic E-state index is 0.232. The Balaban J connectivity index is 1.65. The van der Waals surface area contributed by atoms with E-state index in [1.54, 1.807) is 6.33 Å². The SMILES string of the molecule is Cn1cnc2cc(CCNC(=O)c3ccc(F)c(F)c3F)ccc21. The summed E-state index contributed by atoms with van der Waals surface area (Å²) in [5.41, 5.74) is 2.26.